The predicted octanol–water partition coefficient (Wildman–Crippen LogP) is 3.49. The molecule has 0 spiro atoms. The molecule has 1 aromatic rings. The van der Waals surface area contributed by atoms with E-state index < -0.39 is 24.1 Å². The molecule has 0 aliphatic heterocycles. The van der Waals surface area contributed by atoms with Crippen LogP contribution in [-0.2, 0) is 28.4 Å². The van der Waals surface area contributed by atoms with Gasteiger partial charge in [0, 0.05) is 30.0 Å². The topological polar surface area (TPSA) is 89.5 Å². The first kappa shape index (κ1) is 27.8. The molecule has 0 saturated carbocycles. The van der Waals surface area contributed by atoms with E-state index in [0.717, 1.165) is 0 Å². The molecule has 31 heavy (non-hydrogen) atoms. The highest BCUT2D eigenvalue weighted by atomic mass is 127. The highest BCUT2D eigenvalue weighted by Gasteiger charge is 2.21. The molecule has 8 nitrogen and oxygen atoms in total. The third kappa shape index (κ3) is 11.2. The van der Waals surface area contributed by atoms with Gasteiger partial charge < -0.3 is 28.4 Å². The van der Waals surface area contributed by atoms with E-state index in [9.17, 15) is 9.59 Å². The lowest BCUT2D eigenvalue weighted by atomic mass is 10.1. The van der Waals surface area contributed by atoms with Crippen molar-refractivity contribution in [3.63, 3.8) is 0 Å². The van der Waals surface area contributed by atoms with Gasteiger partial charge in [0.25, 0.3) is 0 Å². The Labute approximate surface area is 198 Å². The highest BCUT2D eigenvalue weighted by molar-refractivity contribution is 14.1. The van der Waals surface area contributed by atoms with Crippen molar-refractivity contribution in [2.75, 3.05) is 52.9 Å². The van der Waals surface area contributed by atoms with Gasteiger partial charge >= 0.3 is 11.9 Å². The summed E-state index contributed by atoms with van der Waals surface area (Å²) in [6.07, 6.45) is -1.08. The number of benzene rings is 1. The lowest BCUT2D eigenvalue weighted by molar-refractivity contribution is -0.0367. The van der Waals surface area contributed by atoms with Crippen LogP contribution in [0.3, 0.4) is 0 Å². The molecule has 0 aromatic heterocycles. The Bertz CT molecular complexity index is 599. The summed E-state index contributed by atoms with van der Waals surface area (Å²) in [4.78, 5) is 25.4. The second-order valence-electron chi connectivity index (χ2n) is 6.42. The molecule has 0 saturated heterocycles. The van der Waals surface area contributed by atoms with Gasteiger partial charge in [-0.1, -0.05) is 0 Å². The Hall–Kier alpha value is -1.27. The number of ether oxygens (including phenoxy) is 6. The van der Waals surface area contributed by atoms with Crippen molar-refractivity contribution in [3.8, 4) is 0 Å². The Kier molecular flexibility index (Phi) is 14.7. The van der Waals surface area contributed by atoms with Crippen LogP contribution in [0.25, 0.3) is 0 Å². The molecule has 0 heterocycles. The van der Waals surface area contributed by atoms with Crippen molar-refractivity contribution in [2.45, 2.75) is 39.9 Å². The summed E-state index contributed by atoms with van der Waals surface area (Å²) in [5, 5.41) is 0. The molecule has 0 unspecified atom stereocenters. The van der Waals surface area contributed by atoms with Crippen molar-refractivity contribution >= 4 is 34.5 Å². The molecular formula is C22H33IO8. The van der Waals surface area contributed by atoms with Gasteiger partial charge in [0.1, 0.15) is 12.2 Å². The average molecular weight is 552 g/mol. The zero-order valence-corrected chi connectivity index (χ0v) is 20.8. The maximum atomic E-state index is 12.7. The van der Waals surface area contributed by atoms with Crippen LogP contribution in [0.2, 0.25) is 0 Å². The maximum Gasteiger partial charge on any atom is 0.338 e. The first-order valence-electron chi connectivity index (χ1n) is 10.5. The number of hydrogen-bond acceptors (Lipinski definition) is 8. The van der Waals surface area contributed by atoms with Crippen LogP contribution < -0.4 is 0 Å². The monoisotopic (exact) mass is 552 g/mol. The largest absolute Gasteiger partial charge is 0.454 e. The zero-order valence-electron chi connectivity index (χ0n) is 18.7. The van der Waals surface area contributed by atoms with Crippen molar-refractivity contribution in [1.82, 2.24) is 0 Å². The molecule has 0 fully saturated rings. The van der Waals surface area contributed by atoms with Crippen LogP contribution in [0.4, 0.5) is 0 Å². The molecule has 0 N–H and O–H groups in total. The van der Waals surface area contributed by atoms with Crippen LogP contribution in [0.15, 0.2) is 18.2 Å². The fourth-order valence-corrected chi connectivity index (χ4v) is 3.16. The summed E-state index contributed by atoms with van der Waals surface area (Å²) in [5.74, 6) is -1.12. The Balaban J connectivity index is 2.89. The molecule has 0 atom stereocenters. The molecule has 0 amide bonds. The van der Waals surface area contributed by atoms with E-state index in [2.05, 4.69) is 0 Å². The minimum Gasteiger partial charge on any atom is -0.454 e. The SMILES string of the molecule is CCOCC(COCC)OC(=O)c1cc(I)cc(C(=O)OC(COCC)COCC)c1. The van der Waals surface area contributed by atoms with Gasteiger partial charge in [-0.2, -0.15) is 0 Å². The smallest absolute Gasteiger partial charge is 0.338 e. The molecule has 1 rings (SSSR count). The van der Waals surface area contributed by atoms with E-state index in [-0.39, 0.29) is 37.6 Å². The summed E-state index contributed by atoms with van der Waals surface area (Å²) in [6, 6.07) is 4.76. The van der Waals surface area contributed by atoms with Crippen LogP contribution in [0.1, 0.15) is 48.4 Å². The second-order valence-corrected chi connectivity index (χ2v) is 7.67. The number of carbonyl (C=O) groups is 2. The fourth-order valence-electron chi connectivity index (χ4n) is 2.49. The first-order chi connectivity index (χ1) is 14.9. The zero-order chi connectivity index (χ0) is 23.1. The number of carbonyl (C=O) groups excluding carboxylic acids is 2. The summed E-state index contributed by atoms with van der Waals surface area (Å²) in [5.41, 5.74) is 0.506. The normalized spacial score (nSPS) is 11.2. The molecule has 0 bridgehead atoms. The van der Waals surface area contributed by atoms with E-state index in [1.54, 1.807) is 12.1 Å². The third-order valence-electron chi connectivity index (χ3n) is 3.95. The number of halogens is 1. The van der Waals surface area contributed by atoms with E-state index in [1.165, 1.54) is 6.07 Å². The Morgan fingerprint density at radius 2 is 1.00 bits per heavy atom. The number of hydrogen-bond donors (Lipinski definition) is 0. The Morgan fingerprint density at radius 3 is 1.29 bits per heavy atom. The van der Waals surface area contributed by atoms with Crippen molar-refractivity contribution in [2.24, 2.45) is 0 Å². The highest BCUT2D eigenvalue weighted by Crippen LogP contribution is 2.16. The molecule has 0 radical (unpaired) electrons. The molecule has 0 aliphatic rings. The number of esters is 2. The van der Waals surface area contributed by atoms with Gasteiger partial charge in [-0.05, 0) is 68.5 Å². The number of rotatable bonds is 16. The first-order valence-corrected chi connectivity index (χ1v) is 11.6. The molecule has 1 aromatic carbocycles. The fraction of sp³-hybridized carbons (Fsp3) is 0.636. The van der Waals surface area contributed by atoms with Crippen LogP contribution >= 0.6 is 22.6 Å². The molecular weight excluding hydrogens is 519 g/mol. The quantitative estimate of drug-likeness (QED) is 0.228. The summed E-state index contributed by atoms with van der Waals surface area (Å²) >= 11 is 2.04. The average Bonchev–Trinajstić information content (AvgIpc) is 2.76. The van der Waals surface area contributed by atoms with Crippen LogP contribution in [0.5, 0.6) is 0 Å². The van der Waals surface area contributed by atoms with Crippen LogP contribution in [0, 0.1) is 3.57 Å². The van der Waals surface area contributed by atoms with E-state index >= 15 is 0 Å². The minimum atomic E-state index is -0.558. The van der Waals surface area contributed by atoms with Gasteiger partial charge in [-0.3, -0.25) is 0 Å². The summed E-state index contributed by atoms with van der Waals surface area (Å²) in [6.45, 7) is 10.4. The van der Waals surface area contributed by atoms with Gasteiger partial charge in [-0.15, -0.1) is 0 Å². The van der Waals surface area contributed by atoms with Crippen molar-refractivity contribution in [3.05, 3.63) is 32.9 Å². The van der Waals surface area contributed by atoms with Gasteiger partial charge in [0.15, 0.2) is 0 Å². The minimum absolute atomic E-state index is 0.234. The van der Waals surface area contributed by atoms with E-state index in [0.29, 0.717) is 30.0 Å². The molecule has 176 valence electrons. The van der Waals surface area contributed by atoms with Gasteiger partial charge in [0.05, 0.1) is 37.6 Å². The van der Waals surface area contributed by atoms with E-state index in [4.69, 9.17) is 28.4 Å². The summed E-state index contributed by atoms with van der Waals surface area (Å²) in [7, 11) is 0. The second kappa shape index (κ2) is 16.4. The lowest BCUT2D eigenvalue weighted by Crippen LogP contribution is -2.29. The van der Waals surface area contributed by atoms with Gasteiger partial charge in [0.2, 0.25) is 0 Å². The van der Waals surface area contributed by atoms with E-state index in [1.807, 2.05) is 50.3 Å². The molecule has 0 aliphatic carbocycles. The standard InChI is InChI=1S/C22H33IO8/c1-5-26-12-19(13-27-6-2)30-21(24)16-9-17(11-18(23)10-16)22(25)31-20(14-28-7-3)15-29-8-4/h9-11,19-20H,5-8,12-15H2,1-4H3. The van der Waals surface area contributed by atoms with Crippen molar-refractivity contribution in [1.29, 1.82) is 0 Å². The Morgan fingerprint density at radius 1 is 0.677 bits per heavy atom. The third-order valence-corrected chi connectivity index (χ3v) is 4.57. The lowest BCUT2D eigenvalue weighted by Gasteiger charge is -2.19. The summed E-state index contributed by atoms with van der Waals surface area (Å²) < 4.78 is 33.2. The van der Waals surface area contributed by atoms with Gasteiger partial charge in [-0.25, -0.2) is 9.59 Å². The predicted molar refractivity (Wildman–Crippen MR) is 124 cm³/mol. The van der Waals surface area contributed by atoms with Crippen LogP contribution in [-0.4, -0.2) is 77.0 Å². The maximum absolute atomic E-state index is 12.7. The van der Waals surface area contributed by atoms with Crippen molar-refractivity contribution < 1.29 is 38.0 Å². The molecule has 9 heteroatoms.